The molecule has 92 valence electrons. The average Bonchev–Trinajstić information content (AvgIpc) is 2.13. The van der Waals surface area contributed by atoms with Gasteiger partial charge in [0.05, 0.1) is 0 Å². The average molecular weight is 239 g/mol. The lowest BCUT2D eigenvalue weighted by Gasteiger charge is -2.75. The molecule has 4 rings (SSSR count). The number of halogens is 3. The van der Waals surface area contributed by atoms with Gasteiger partial charge in [-0.2, -0.15) is 0 Å². The topological polar surface area (TPSA) is 0 Å². The Kier molecular flexibility index (Phi) is 2.17. The van der Waals surface area contributed by atoms with Crippen molar-refractivity contribution >= 4 is 6.98 Å². The van der Waals surface area contributed by atoms with Crippen molar-refractivity contribution in [3.05, 3.63) is 35.9 Å². The standard InChI is InChI=1S/C13H15BF3/c15-14(16,17)13-8-12(9-13,10-13)7-6-11-4-2-1-3-5-11/h1-5H,6-10H2/q-1. The van der Waals surface area contributed by atoms with Gasteiger partial charge in [0.2, 0.25) is 0 Å². The molecule has 3 aliphatic rings. The first-order valence-corrected chi connectivity index (χ1v) is 6.18. The minimum absolute atomic E-state index is 0.0348. The zero-order valence-electron chi connectivity index (χ0n) is 9.63. The van der Waals surface area contributed by atoms with Crippen LogP contribution in [0.2, 0.25) is 5.31 Å². The lowest BCUT2D eigenvalue weighted by atomic mass is 9.23. The van der Waals surface area contributed by atoms with Crippen molar-refractivity contribution in [2.75, 3.05) is 0 Å². The highest BCUT2D eigenvalue weighted by Gasteiger charge is 2.73. The van der Waals surface area contributed by atoms with Crippen LogP contribution in [0.1, 0.15) is 31.2 Å². The fourth-order valence-corrected chi connectivity index (χ4v) is 3.75. The van der Waals surface area contributed by atoms with Crippen molar-refractivity contribution in [2.45, 2.75) is 37.4 Å². The Bertz CT molecular complexity index is 404. The Morgan fingerprint density at radius 3 is 2.12 bits per heavy atom. The van der Waals surface area contributed by atoms with Crippen LogP contribution in [0.4, 0.5) is 12.9 Å². The van der Waals surface area contributed by atoms with Crippen molar-refractivity contribution < 1.29 is 12.9 Å². The summed E-state index contributed by atoms with van der Waals surface area (Å²) in [5.74, 6) is 0. The predicted octanol–water partition coefficient (Wildman–Crippen LogP) is 4.39. The summed E-state index contributed by atoms with van der Waals surface area (Å²) in [6, 6.07) is 10.0. The van der Waals surface area contributed by atoms with Crippen LogP contribution < -0.4 is 0 Å². The van der Waals surface area contributed by atoms with Gasteiger partial charge in [0.1, 0.15) is 0 Å². The molecule has 0 spiro atoms. The maximum absolute atomic E-state index is 12.7. The summed E-state index contributed by atoms with van der Waals surface area (Å²) >= 11 is 0. The minimum Gasteiger partial charge on any atom is -0.449 e. The molecule has 2 bridgehead atoms. The first kappa shape index (κ1) is 11.2. The summed E-state index contributed by atoms with van der Waals surface area (Å²) in [6.45, 7) is -4.61. The predicted molar refractivity (Wildman–Crippen MR) is 62.8 cm³/mol. The smallest absolute Gasteiger partial charge is 0.449 e. The van der Waals surface area contributed by atoms with Gasteiger partial charge in [-0.05, 0) is 23.8 Å². The van der Waals surface area contributed by atoms with Gasteiger partial charge in [-0.3, -0.25) is 0 Å². The molecular weight excluding hydrogens is 224 g/mol. The van der Waals surface area contributed by atoms with Crippen LogP contribution in [0.25, 0.3) is 0 Å². The second kappa shape index (κ2) is 3.30. The SMILES string of the molecule is F[B-](F)(F)C12CC(CCc3ccccc3)(C1)C2. The van der Waals surface area contributed by atoms with Gasteiger partial charge >= 0.3 is 6.98 Å². The molecule has 3 fully saturated rings. The summed E-state index contributed by atoms with van der Waals surface area (Å²) in [7, 11) is 0. The quantitative estimate of drug-likeness (QED) is 0.683. The Hall–Kier alpha value is -0.925. The molecule has 1 aromatic carbocycles. The molecule has 3 aliphatic carbocycles. The van der Waals surface area contributed by atoms with E-state index in [0.717, 1.165) is 12.8 Å². The maximum Gasteiger partial charge on any atom is 0.484 e. The molecule has 0 nitrogen and oxygen atoms in total. The van der Waals surface area contributed by atoms with Gasteiger partial charge in [0.25, 0.3) is 0 Å². The zero-order valence-corrected chi connectivity index (χ0v) is 9.63. The molecule has 4 heteroatoms. The normalized spacial score (nSPS) is 35.0. The lowest BCUT2D eigenvalue weighted by Crippen LogP contribution is -2.65. The Labute approximate surface area is 99.3 Å². The third kappa shape index (κ3) is 1.60. The molecule has 0 atom stereocenters. The highest BCUT2D eigenvalue weighted by Crippen LogP contribution is 2.83. The first-order valence-electron chi connectivity index (χ1n) is 6.18. The fraction of sp³-hybridized carbons (Fsp3) is 0.538. The summed E-state index contributed by atoms with van der Waals surface area (Å²) < 4.78 is 38.2. The van der Waals surface area contributed by atoms with Crippen LogP contribution in [-0.4, -0.2) is 6.98 Å². The first-order chi connectivity index (χ1) is 7.95. The number of hydrogen-bond acceptors (Lipinski definition) is 0. The molecule has 3 saturated carbocycles. The summed E-state index contributed by atoms with van der Waals surface area (Å²) in [4.78, 5) is 0. The van der Waals surface area contributed by atoms with Crippen LogP contribution in [0, 0.1) is 5.41 Å². The van der Waals surface area contributed by atoms with Gasteiger partial charge in [-0.15, -0.1) is 0 Å². The fourth-order valence-electron chi connectivity index (χ4n) is 3.75. The summed E-state index contributed by atoms with van der Waals surface area (Å²) in [6.07, 6.45) is 3.04. The van der Waals surface area contributed by atoms with E-state index in [0.29, 0.717) is 19.3 Å². The van der Waals surface area contributed by atoms with Crippen molar-refractivity contribution in [2.24, 2.45) is 5.41 Å². The van der Waals surface area contributed by atoms with Crippen molar-refractivity contribution in [1.82, 2.24) is 0 Å². The Morgan fingerprint density at radius 1 is 1.00 bits per heavy atom. The van der Waals surface area contributed by atoms with Crippen LogP contribution in [0.5, 0.6) is 0 Å². The monoisotopic (exact) mass is 239 g/mol. The van der Waals surface area contributed by atoms with E-state index in [1.165, 1.54) is 5.56 Å². The maximum atomic E-state index is 12.7. The van der Waals surface area contributed by atoms with Gasteiger partial charge in [-0.25, -0.2) is 0 Å². The van der Waals surface area contributed by atoms with E-state index in [-0.39, 0.29) is 5.41 Å². The van der Waals surface area contributed by atoms with E-state index in [1.807, 2.05) is 18.2 Å². The lowest BCUT2D eigenvalue weighted by molar-refractivity contribution is -0.118. The van der Waals surface area contributed by atoms with Gasteiger partial charge in [0, 0.05) is 0 Å². The second-order valence-electron chi connectivity index (χ2n) is 5.95. The van der Waals surface area contributed by atoms with Crippen LogP contribution in [0.3, 0.4) is 0 Å². The third-order valence-electron chi connectivity index (χ3n) is 4.66. The van der Waals surface area contributed by atoms with Crippen molar-refractivity contribution in [3.8, 4) is 0 Å². The van der Waals surface area contributed by atoms with Gasteiger partial charge < -0.3 is 12.9 Å². The number of benzene rings is 1. The molecule has 0 amide bonds. The molecule has 0 unspecified atom stereocenters. The van der Waals surface area contributed by atoms with E-state index in [4.69, 9.17) is 0 Å². The molecule has 0 radical (unpaired) electrons. The Balaban J connectivity index is 1.55. The van der Waals surface area contributed by atoms with Gasteiger partial charge in [-0.1, -0.05) is 54.9 Å². The molecule has 0 aromatic heterocycles. The molecule has 1 aromatic rings. The minimum atomic E-state index is -4.61. The van der Waals surface area contributed by atoms with Crippen molar-refractivity contribution in [1.29, 1.82) is 0 Å². The van der Waals surface area contributed by atoms with Crippen LogP contribution in [-0.2, 0) is 6.42 Å². The molecular formula is C13H15BF3-. The second-order valence-corrected chi connectivity index (χ2v) is 5.95. The summed E-state index contributed by atoms with van der Waals surface area (Å²) in [5, 5.41) is -1.23. The molecule has 0 heterocycles. The number of hydrogen-bond donors (Lipinski definition) is 0. The van der Waals surface area contributed by atoms with E-state index in [2.05, 4.69) is 12.1 Å². The third-order valence-corrected chi connectivity index (χ3v) is 4.66. The van der Waals surface area contributed by atoms with Gasteiger partial charge in [0.15, 0.2) is 0 Å². The van der Waals surface area contributed by atoms with Crippen molar-refractivity contribution in [3.63, 3.8) is 0 Å². The highest BCUT2D eigenvalue weighted by molar-refractivity contribution is 6.63. The zero-order chi connectivity index (χ0) is 12.1. The molecule has 0 saturated heterocycles. The van der Waals surface area contributed by atoms with E-state index in [1.54, 1.807) is 0 Å². The molecule has 0 N–H and O–H groups in total. The van der Waals surface area contributed by atoms with E-state index < -0.39 is 12.3 Å². The van der Waals surface area contributed by atoms with Crippen LogP contribution >= 0.6 is 0 Å². The molecule has 0 aliphatic heterocycles. The summed E-state index contributed by atoms with van der Waals surface area (Å²) in [5.41, 5.74) is 1.27. The largest absolute Gasteiger partial charge is 0.484 e. The molecule has 17 heavy (non-hydrogen) atoms. The Morgan fingerprint density at radius 2 is 1.59 bits per heavy atom. The van der Waals surface area contributed by atoms with E-state index >= 15 is 0 Å². The number of rotatable bonds is 4. The highest BCUT2D eigenvalue weighted by atomic mass is 19.4. The number of aryl methyl sites for hydroxylation is 1. The van der Waals surface area contributed by atoms with Crippen LogP contribution in [0.15, 0.2) is 30.3 Å². The van der Waals surface area contributed by atoms with E-state index in [9.17, 15) is 12.9 Å².